The quantitative estimate of drug-likeness (QED) is 0.939. The van der Waals surface area contributed by atoms with Gasteiger partial charge in [0.15, 0.2) is 0 Å². The third-order valence-corrected chi connectivity index (χ3v) is 4.75. The van der Waals surface area contributed by atoms with E-state index in [1.54, 1.807) is 11.3 Å². The predicted molar refractivity (Wildman–Crippen MR) is 81.0 cm³/mol. The van der Waals surface area contributed by atoms with Gasteiger partial charge in [0.1, 0.15) is 5.01 Å². The lowest BCUT2D eigenvalue weighted by molar-refractivity contribution is -0.0777. The summed E-state index contributed by atoms with van der Waals surface area (Å²) >= 11 is 1.73. The molecule has 0 saturated carbocycles. The lowest BCUT2D eigenvalue weighted by atomic mass is 9.94. The zero-order valence-corrected chi connectivity index (χ0v) is 12.5. The highest BCUT2D eigenvalue weighted by molar-refractivity contribution is 7.18. The minimum absolute atomic E-state index is 0.607. The molecule has 1 N–H and O–H groups in total. The van der Waals surface area contributed by atoms with Crippen LogP contribution in [-0.4, -0.2) is 47.4 Å². The van der Waals surface area contributed by atoms with Gasteiger partial charge in [0.2, 0.25) is 0 Å². The fraction of sp³-hybridized carbons (Fsp3) is 0.533. The first-order chi connectivity index (χ1) is 9.65. The minimum Gasteiger partial charge on any atom is -0.388 e. The molecule has 0 aliphatic carbocycles. The van der Waals surface area contributed by atoms with Crippen LogP contribution in [0.5, 0.6) is 0 Å². The third-order valence-electron chi connectivity index (χ3n) is 3.73. The van der Waals surface area contributed by atoms with E-state index in [0.717, 1.165) is 29.9 Å². The van der Waals surface area contributed by atoms with Gasteiger partial charge >= 0.3 is 0 Å². The first-order valence-electron chi connectivity index (χ1n) is 6.98. The SMILES string of the molecule is CN(Cc1nc2ccccc2s1)CC1(O)CCOCC1. The molecule has 0 spiro atoms. The van der Waals surface area contributed by atoms with Crippen LogP contribution in [-0.2, 0) is 11.3 Å². The Bertz CT molecular complexity index is 545. The number of fused-ring (bicyclic) bond motifs is 1. The molecule has 2 aromatic rings. The molecule has 3 rings (SSSR count). The van der Waals surface area contributed by atoms with E-state index < -0.39 is 5.60 Å². The predicted octanol–water partition coefficient (Wildman–Crippen LogP) is 2.27. The smallest absolute Gasteiger partial charge is 0.108 e. The molecule has 1 aliphatic rings. The van der Waals surface area contributed by atoms with E-state index in [-0.39, 0.29) is 0 Å². The zero-order chi connectivity index (χ0) is 14.0. The van der Waals surface area contributed by atoms with Gasteiger partial charge in [0, 0.05) is 32.6 Å². The van der Waals surface area contributed by atoms with Gasteiger partial charge in [-0.3, -0.25) is 4.90 Å². The van der Waals surface area contributed by atoms with Gasteiger partial charge in [-0.2, -0.15) is 0 Å². The number of para-hydroxylation sites is 1. The van der Waals surface area contributed by atoms with Crippen LogP contribution in [0.3, 0.4) is 0 Å². The standard InChI is InChI=1S/C15H20N2O2S/c1-17(11-15(18)6-8-19-9-7-15)10-14-16-12-4-2-3-5-13(12)20-14/h2-5,18H,6-11H2,1H3. The van der Waals surface area contributed by atoms with Crippen LogP contribution in [0.2, 0.25) is 0 Å². The Morgan fingerprint density at radius 1 is 1.35 bits per heavy atom. The van der Waals surface area contributed by atoms with Gasteiger partial charge in [-0.25, -0.2) is 4.98 Å². The summed E-state index contributed by atoms with van der Waals surface area (Å²) in [7, 11) is 2.04. The van der Waals surface area contributed by atoms with E-state index in [0.29, 0.717) is 19.8 Å². The Balaban J connectivity index is 1.64. The largest absolute Gasteiger partial charge is 0.388 e. The van der Waals surface area contributed by atoms with Crippen LogP contribution >= 0.6 is 11.3 Å². The van der Waals surface area contributed by atoms with Crippen LogP contribution in [0.15, 0.2) is 24.3 Å². The summed E-state index contributed by atoms with van der Waals surface area (Å²) in [4.78, 5) is 6.79. The lowest BCUT2D eigenvalue weighted by Gasteiger charge is -2.35. The molecule has 1 aromatic carbocycles. The van der Waals surface area contributed by atoms with E-state index in [1.807, 2.05) is 25.2 Å². The number of ether oxygens (including phenoxy) is 1. The molecule has 20 heavy (non-hydrogen) atoms. The Labute approximate surface area is 123 Å². The van der Waals surface area contributed by atoms with Crippen molar-refractivity contribution in [3.8, 4) is 0 Å². The van der Waals surface area contributed by atoms with Crippen molar-refractivity contribution < 1.29 is 9.84 Å². The fourth-order valence-corrected chi connectivity index (χ4v) is 3.73. The highest BCUT2D eigenvalue weighted by Crippen LogP contribution is 2.25. The van der Waals surface area contributed by atoms with Crippen molar-refractivity contribution in [1.29, 1.82) is 0 Å². The molecular weight excluding hydrogens is 272 g/mol. The molecule has 0 unspecified atom stereocenters. The zero-order valence-electron chi connectivity index (χ0n) is 11.7. The number of aliphatic hydroxyl groups is 1. The molecule has 4 nitrogen and oxygen atoms in total. The highest BCUT2D eigenvalue weighted by Gasteiger charge is 2.31. The van der Waals surface area contributed by atoms with Crippen LogP contribution < -0.4 is 0 Å². The van der Waals surface area contributed by atoms with Gasteiger partial charge in [-0.1, -0.05) is 12.1 Å². The van der Waals surface area contributed by atoms with Gasteiger partial charge < -0.3 is 9.84 Å². The molecule has 1 fully saturated rings. The van der Waals surface area contributed by atoms with Gasteiger partial charge in [0.05, 0.1) is 22.4 Å². The van der Waals surface area contributed by atoms with E-state index in [4.69, 9.17) is 4.74 Å². The van der Waals surface area contributed by atoms with Crippen molar-refractivity contribution in [2.45, 2.75) is 25.0 Å². The monoisotopic (exact) mass is 292 g/mol. The number of benzene rings is 1. The number of hydrogen-bond donors (Lipinski definition) is 1. The van der Waals surface area contributed by atoms with Crippen molar-refractivity contribution >= 4 is 21.6 Å². The number of rotatable bonds is 4. The summed E-state index contributed by atoms with van der Waals surface area (Å²) in [6, 6.07) is 8.20. The van der Waals surface area contributed by atoms with Crippen LogP contribution in [0.4, 0.5) is 0 Å². The number of nitrogens with zero attached hydrogens (tertiary/aromatic N) is 2. The van der Waals surface area contributed by atoms with Crippen molar-refractivity contribution in [3.63, 3.8) is 0 Å². The van der Waals surface area contributed by atoms with E-state index in [1.165, 1.54) is 4.70 Å². The summed E-state index contributed by atoms with van der Waals surface area (Å²) in [5.74, 6) is 0. The second kappa shape index (κ2) is 5.77. The first kappa shape index (κ1) is 13.9. The second-order valence-electron chi connectivity index (χ2n) is 5.58. The van der Waals surface area contributed by atoms with Crippen molar-refractivity contribution in [2.75, 3.05) is 26.8 Å². The van der Waals surface area contributed by atoms with E-state index in [9.17, 15) is 5.11 Å². The van der Waals surface area contributed by atoms with Crippen LogP contribution in [0.25, 0.3) is 10.2 Å². The van der Waals surface area contributed by atoms with Crippen LogP contribution in [0.1, 0.15) is 17.8 Å². The van der Waals surface area contributed by atoms with Crippen molar-refractivity contribution in [3.05, 3.63) is 29.3 Å². The number of hydrogen-bond acceptors (Lipinski definition) is 5. The molecule has 108 valence electrons. The summed E-state index contributed by atoms with van der Waals surface area (Å²) in [6.45, 7) is 2.77. The minimum atomic E-state index is -0.607. The van der Waals surface area contributed by atoms with Gasteiger partial charge in [-0.05, 0) is 19.2 Å². The average Bonchev–Trinajstić information content (AvgIpc) is 2.80. The molecule has 1 aromatic heterocycles. The molecule has 5 heteroatoms. The molecule has 1 aliphatic heterocycles. The fourth-order valence-electron chi connectivity index (χ4n) is 2.69. The Hall–Kier alpha value is -1.01. The van der Waals surface area contributed by atoms with Gasteiger partial charge in [0.25, 0.3) is 0 Å². The molecule has 0 amide bonds. The topological polar surface area (TPSA) is 45.6 Å². The van der Waals surface area contributed by atoms with Gasteiger partial charge in [-0.15, -0.1) is 11.3 Å². The van der Waals surface area contributed by atoms with Crippen LogP contribution in [0, 0.1) is 0 Å². The number of likely N-dealkylation sites (N-methyl/N-ethyl adjacent to an activating group) is 1. The maximum Gasteiger partial charge on any atom is 0.108 e. The summed E-state index contributed by atoms with van der Waals surface area (Å²) < 4.78 is 6.54. The first-order valence-corrected chi connectivity index (χ1v) is 7.79. The van der Waals surface area contributed by atoms with E-state index >= 15 is 0 Å². The second-order valence-corrected chi connectivity index (χ2v) is 6.70. The molecule has 0 atom stereocenters. The molecular formula is C15H20N2O2S. The lowest BCUT2D eigenvalue weighted by Crippen LogP contribution is -2.45. The van der Waals surface area contributed by atoms with Crippen molar-refractivity contribution in [1.82, 2.24) is 9.88 Å². The van der Waals surface area contributed by atoms with Crippen molar-refractivity contribution in [2.24, 2.45) is 0 Å². The summed E-state index contributed by atoms with van der Waals surface area (Å²) in [6.07, 6.45) is 1.44. The molecule has 0 radical (unpaired) electrons. The maximum atomic E-state index is 10.5. The maximum absolute atomic E-state index is 10.5. The number of thiazole rings is 1. The third kappa shape index (κ3) is 3.17. The Morgan fingerprint density at radius 2 is 2.10 bits per heavy atom. The average molecular weight is 292 g/mol. The number of aromatic nitrogens is 1. The normalized spacial score (nSPS) is 18.8. The highest BCUT2D eigenvalue weighted by atomic mass is 32.1. The molecule has 2 heterocycles. The summed E-state index contributed by atoms with van der Waals surface area (Å²) in [5.41, 5.74) is 0.453. The Morgan fingerprint density at radius 3 is 2.85 bits per heavy atom. The van der Waals surface area contributed by atoms with E-state index in [2.05, 4.69) is 16.0 Å². The summed E-state index contributed by atoms with van der Waals surface area (Å²) in [5, 5.41) is 11.6. The molecule has 0 bridgehead atoms. The molecule has 1 saturated heterocycles. The Kier molecular flexibility index (Phi) is 4.03.